The summed E-state index contributed by atoms with van der Waals surface area (Å²) in [6.07, 6.45) is 3.52. The van der Waals surface area contributed by atoms with Gasteiger partial charge in [0.15, 0.2) is 0 Å². The zero-order valence-corrected chi connectivity index (χ0v) is 8.62. The first-order valence-electron chi connectivity index (χ1n) is 5.17. The summed E-state index contributed by atoms with van der Waals surface area (Å²) >= 11 is 0. The molecule has 1 heterocycles. The molecule has 0 bridgehead atoms. The van der Waals surface area contributed by atoms with E-state index in [1.807, 2.05) is 18.7 Å². The Morgan fingerprint density at radius 3 is 2.23 bits per heavy atom. The third kappa shape index (κ3) is 2.69. The van der Waals surface area contributed by atoms with Gasteiger partial charge in [-0.1, -0.05) is 13.8 Å². The smallest absolute Gasteiger partial charge is 0.239 e. The average molecular weight is 184 g/mol. The molecule has 76 valence electrons. The maximum atomic E-state index is 11.7. The molecule has 0 aromatic carbocycles. The minimum absolute atomic E-state index is 0.134. The van der Waals surface area contributed by atoms with Crippen molar-refractivity contribution in [1.29, 1.82) is 0 Å². The van der Waals surface area contributed by atoms with Gasteiger partial charge < -0.3 is 10.6 Å². The number of piperidine rings is 1. The molecule has 1 aliphatic heterocycles. The maximum Gasteiger partial charge on any atom is 0.239 e. The number of hydrogen-bond donors (Lipinski definition) is 1. The highest BCUT2D eigenvalue weighted by molar-refractivity contribution is 5.81. The van der Waals surface area contributed by atoms with Crippen molar-refractivity contribution in [2.45, 2.75) is 39.2 Å². The van der Waals surface area contributed by atoms with Crippen molar-refractivity contribution in [3.63, 3.8) is 0 Å². The molecule has 1 saturated heterocycles. The molecule has 1 aliphatic rings. The Labute approximate surface area is 80.3 Å². The highest BCUT2D eigenvalue weighted by Crippen LogP contribution is 2.11. The highest BCUT2D eigenvalue weighted by Gasteiger charge is 2.24. The number of carbonyl (C=O) groups excluding carboxylic acids is 1. The van der Waals surface area contributed by atoms with E-state index >= 15 is 0 Å². The van der Waals surface area contributed by atoms with E-state index in [-0.39, 0.29) is 17.9 Å². The molecule has 0 saturated carbocycles. The molecule has 1 atom stereocenters. The van der Waals surface area contributed by atoms with Gasteiger partial charge in [-0.15, -0.1) is 0 Å². The quantitative estimate of drug-likeness (QED) is 0.695. The minimum atomic E-state index is -0.307. The molecule has 2 N–H and O–H groups in total. The van der Waals surface area contributed by atoms with E-state index in [1.54, 1.807) is 0 Å². The SMILES string of the molecule is CC(C)[C@@H](N)C(=O)N1CCCCC1. The van der Waals surface area contributed by atoms with E-state index in [0.29, 0.717) is 0 Å². The van der Waals surface area contributed by atoms with Crippen molar-refractivity contribution >= 4 is 5.91 Å². The van der Waals surface area contributed by atoms with E-state index in [9.17, 15) is 4.79 Å². The average Bonchev–Trinajstić information content (AvgIpc) is 2.17. The number of rotatable bonds is 2. The largest absolute Gasteiger partial charge is 0.341 e. The van der Waals surface area contributed by atoms with Gasteiger partial charge in [-0.3, -0.25) is 4.79 Å². The van der Waals surface area contributed by atoms with Crippen LogP contribution < -0.4 is 5.73 Å². The maximum absolute atomic E-state index is 11.7. The molecular weight excluding hydrogens is 164 g/mol. The lowest BCUT2D eigenvalue weighted by atomic mass is 10.0. The molecular formula is C10H20N2O. The Hall–Kier alpha value is -0.570. The van der Waals surface area contributed by atoms with Crippen LogP contribution in [0, 0.1) is 5.92 Å². The van der Waals surface area contributed by atoms with Gasteiger partial charge in [0, 0.05) is 13.1 Å². The summed E-state index contributed by atoms with van der Waals surface area (Å²) in [4.78, 5) is 13.7. The van der Waals surface area contributed by atoms with Crippen LogP contribution in [0.4, 0.5) is 0 Å². The van der Waals surface area contributed by atoms with E-state index in [2.05, 4.69) is 0 Å². The molecule has 1 rings (SSSR count). The van der Waals surface area contributed by atoms with Gasteiger partial charge >= 0.3 is 0 Å². The summed E-state index contributed by atoms with van der Waals surface area (Å²) in [5.74, 6) is 0.379. The predicted octanol–water partition coefficient (Wildman–Crippen LogP) is 0.982. The summed E-state index contributed by atoms with van der Waals surface area (Å²) < 4.78 is 0. The van der Waals surface area contributed by atoms with E-state index < -0.39 is 0 Å². The van der Waals surface area contributed by atoms with Crippen molar-refractivity contribution < 1.29 is 4.79 Å². The van der Waals surface area contributed by atoms with Crippen LogP contribution in [0.1, 0.15) is 33.1 Å². The Morgan fingerprint density at radius 2 is 1.77 bits per heavy atom. The fourth-order valence-corrected chi connectivity index (χ4v) is 1.61. The molecule has 0 unspecified atom stereocenters. The van der Waals surface area contributed by atoms with Gasteiger partial charge in [0.2, 0.25) is 5.91 Å². The summed E-state index contributed by atoms with van der Waals surface area (Å²) in [6, 6.07) is -0.307. The lowest BCUT2D eigenvalue weighted by Crippen LogP contribution is -2.48. The molecule has 0 aromatic rings. The van der Waals surface area contributed by atoms with E-state index in [1.165, 1.54) is 6.42 Å². The number of nitrogens with two attached hydrogens (primary N) is 1. The Bertz CT molecular complexity index is 174. The normalized spacial score (nSPS) is 20.5. The van der Waals surface area contributed by atoms with Crippen LogP contribution in [-0.4, -0.2) is 29.9 Å². The predicted molar refractivity (Wildman–Crippen MR) is 53.2 cm³/mol. The first-order chi connectivity index (χ1) is 6.13. The summed E-state index contributed by atoms with van der Waals surface area (Å²) in [5, 5.41) is 0. The second kappa shape index (κ2) is 4.61. The van der Waals surface area contributed by atoms with Crippen LogP contribution in [0.2, 0.25) is 0 Å². The van der Waals surface area contributed by atoms with Crippen molar-refractivity contribution in [2.75, 3.05) is 13.1 Å². The highest BCUT2D eigenvalue weighted by atomic mass is 16.2. The van der Waals surface area contributed by atoms with E-state index in [0.717, 1.165) is 25.9 Å². The number of carbonyl (C=O) groups is 1. The third-order valence-electron chi connectivity index (χ3n) is 2.67. The Balaban J connectivity index is 2.45. The van der Waals surface area contributed by atoms with Crippen LogP contribution in [0.15, 0.2) is 0 Å². The third-order valence-corrected chi connectivity index (χ3v) is 2.67. The molecule has 0 aromatic heterocycles. The van der Waals surface area contributed by atoms with Gasteiger partial charge in [0.05, 0.1) is 6.04 Å². The van der Waals surface area contributed by atoms with Crippen LogP contribution in [0.3, 0.4) is 0 Å². The molecule has 0 radical (unpaired) electrons. The molecule has 0 aliphatic carbocycles. The van der Waals surface area contributed by atoms with Gasteiger partial charge in [-0.25, -0.2) is 0 Å². The van der Waals surface area contributed by atoms with Crippen molar-refractivity contribution in [1.82, 2.24) is 4.90 Å². The van der Waals surface area contributed by atoms with Crippen LogP contribution in [0.25, 0.3) is 0 Å². The first kappa shape index (κ1) is 10.5. The summed E-state index contributed by atoms with van der Waals surface area (Å²) in [6.45, 7) is 5.79. The lowest BCUT2D eigenvalue weighted by Gasteiger charge is -2.30. The lowest BCUT2D eigenvalue weighted by molar-refractivity contribution is -0.134. The Kier molecular flexibility index (Phi) is 3.72. The van der Waals surface area contributed by atoms with Crippen LogP contribution in [0.5, 0.6) is 0 Å². The molecule has 3 heteroatoms. The summed E-state index contributed by atoms with van der Waals surface area (Å²) in [5.41, 5.74) is 5.80. The number of hydrogen-bond acceptors (Lipinski definition) is 2. The number of amides is 1. The molecule has 13 heavy (non-hydrogen) atoms. The van der Waals surface area contributed by atoms with Crippen molar-refractivity contribution in [2.24, 2.45) is 11.7 Å². The molecule has 0 spiro atoms. The van der Waals surface area contributed by atoms with Gasteiger partial charge in [0.25, 0.3) is 0 Å². The number of nitrogens with zero attached hydrogens (tertiary/aromatic N) is 1. The summed E-state index contributed by atoms with van der Waals surface area (Å²) in [7, 11) is 0. The van der Waals surface area contributed by atoms with Gasteiger partial charge in [0.1, 0.15) is 0 Å². The monoisotopic (exact) mass is 184 g/mol. The number of likely N-dealkylation sites (tertiary alicyclic amines) is 1. The van der Waals surface area contributed by atoms with Crippen LogP contribution >= 0.6 is 0 Å². The standard InChI is InChI=1S/C10H20N2O/c1-8(2)9(11)10(13)12-6-4-3-5-7-12/h8-9H,3-7,11H2,1-2H3/t9-/m1/s1. The fraction of sp³-hybridized carbons (Fsp3) is 0.900. The Morgan fingerprint density at radius 1 is 1.23 bits per heavy atom. The van der Waals surface area contributed by atoms with Crippen molar-refractivity contribution in [3.8, 4) is 0 Å². The fourth-order valence-electron chi connectivity index (χ4n) is 1.61. The van der Waals surface area contributed by atoms with Crippen molar-refractivity contribution in [3.05, 3.63) is 0 Å². The zero-order valence-electron chi connectivity index (χ0n) is 8.62. The van der Waals surface area contributed by atoms with Gasteiger partial charge in [-0.2, -0.15) is 0 Å². The van der Waals surface area contributed by atoms with E-state index in [4.69, 9.17) is 5.73 Å². The second-order valence-electron chi connectivity index (χ2n) is 4.16. The molecule has 1 fully saturated rings. The van der Waals surface area contributed by atoms with Gasteiger partial charge in [-0.05, 0) is 25.2 Å². The zero-order chi connectivity index (χ0) is 9.84. The first-order valence-corrected chi connectivity index (χ1v) is 5.17. The topological polar surface area (TPSA) is 46.3 Å². The molecule has 1 amide bonds. The van der Waals surface area contributed by atoms with Crippen LogP contribution in [-0.2, 0) is 4.79 Å². The molecule has 3 nitrogen and oxygen atoms in total. The minimum Gasteiger partial charge on any atom is -0.341 e. The second-order valence-corrected chi connectivity index (χ2v) is 4.16.